The van der Waals surface area contributed by atoms with Gasteiger partial charge in [-0.05, 0) is 70.0 Å². The number of hydrogen-bond acceptors (Lipinski definition) is 4. The Bertz CT molecular complexity index is 536. The lowest BCUT2D eigenvalue weighted by Crippen LogP contribution is -2.60. The van der Waals surface area contributed by atoms with Crippen molar-refractivity contribution in [2.24, 2.45) is 5.73 Å². The number of nitriles is 1. The molecule has 0 bridgehead atoms. The second-order valence-corrected chi connectivity index (χ2v) is 6.59. The smallest absolute Gasteiger partial charge is 0.0994 e. The third-order valence-corrected chi connectivity index (χ3v) is 5.50. The van der Waals surface area contributed by atoms with E-state index in [0.29, 0.717) is 6.04 Å². The highest BCUT2D eigenvalue weighted by atomic mass is 15.1. The SMILES string of the molecule is N#Cc1ccccc1C1(C2CCN2)CCN(CCCN)CC1. The first kappa shape index (κ1) is 15.5. The largest absolute Gasteiger partial charge is 0.330 e. The fourth-order valence-electron chi connectivity index (χ4n) is 4.07. The second-order valence-electron chi connectivity index (χ2n) is 6.59. The van der Waals surface area contributed by atoms with E-state index in [9.17, 15) is 5.26 Å². The number of benzene rings is 1. The maximum atomic E-state index is 9.51. The van der Waals surface area contributed by atoms with Crippen molar-refractivity contribution in [3.8, 4) is 6.07 Å². The lowest BCUT2D eigenvalue weighted by atomic mass is 9.64. The topological polar surface area (TPSA) is 65.1 Å². The van der Waals surface area contributed by atoms with Crippen LogP contribution in [0, 0.1) is 11.3 Å². The quantitative estimate of drug-likeness (QED) is 0.866. The number of nitrogens with zero attached hydrogens (tertiary/aromatic N) is 2. The molecule has 0 amide bonds. The van der Waals surface area contributed by atoms with Crippen molar-refractivity contribution in [1.29, 1.82) is 5.26 Å². The predicted octanol–water partition coefficient (Wildman–Crippen LogP) is 1.60. The minimum Gasteiger partial charge on any atom is -0.330 e. The number of hydrogen-bond donors (Lipinski definition) is 2. The summed E-state index contributed by atoms with van der Waals surface area (Å²) in [5.41, 5.74) is 7.87. The highest BCUT2D eigenvalue weighted by Gasteiger charge is 2.46. The molecule has 118 valence electrons. The van der Waals surface area contributed by atoms with Crippen LogP contribution in [0.1, 0.15) is 36.8 Å². The van der Waals surface area contributed by atoms with Crippen LogP contribution in [0.3, 0.4) is 0 Å². The van der Waals surface area contributed by atoms with Gasteiger partial charge in [-0.2, -0.15) is 5.26 Å². The Balaban J connectivity index is 1.83. The van der Waals surface area contributed by atoms with Crippen LogP contribution in [0.25, 0.3) is 0 Å². The molecular formula is C18H26N4. The van der Waals surface area contributed by atoms with Gasteiger partial charge in [-0.25, -0.2) is 0 Å². The maximum Gasteiger partial charge on any atom is 0.0994 e. The van der Waals surface area contributed by atoms with E-state index in [-0.39, 0.29) is 5.41 Å². The Labute approximate surface area is 133 Å². The average molecular weight is 298 g/mol. The van der Waals surface area contributed by atoms with Gasteiger partial charge in [0.1, 0.15) is 0 Å². The van der Waals surface area contributed by atoms with E-state index in [1.807, 2.05) is 12.1 Å². The Morgan fingerprint density at radius 1 is 1.32 bits per heavy atom. The first-order valence-corrected chi connectivity index (χ1v) is 8.45. The molecular weight excluding hydrogens is 272 g/mol. The molecule has 1 aromatic carbocycles. The number of piperidine rings is 1. The maximum absolute atomic E-state index is 9.51. The zero-order chi connectivity index (χ0) is 15.4. The van der Waals surface area contributed by atoms with E-state index in [4.69, 9.17) is 5.73 Å². The molecule has 0 aliphatic carbocycles. The third kappa shape index (κ3) is 2.77. The summed E-state index contributed by atoms with van der Waals surface area (Å²) >= 11 is 0. The summed E-state index contributed by atoms with van der Waals surface area (Å²) in [6.07, 6.45) is 4.56. The molecule has 0 aromatic heterocycles. The minimum absolute atomic E-state index is 0.129. The van der Waals surface area contributed by atoms with Gasteiger partial charge in [0.25, 0.3) is 0 Å². The van der Waals surface area contributed by atoms with E-state index in [0.717, 1.165) is 57.5 Å². The van der Waals surface area contributed by atoms with Crippen LogP contribution in [0.15, 0.2) is 24.3 Å². The Morgan fingerprint density at radius 3 is 2.64 bits per heavy atom. The van der Waals surface area contributed by atoms with Crippen LogP contribution >= 0.6 is 0 Å². The molecule has 2 heterocycles. The molecule has 22 heavy (non-hydrogen) atoms. The zero-order valence-electron chi connectivity index (χ0n) is 13.2. The molecule has 0 saturated carbocycles. The number of nitrogens with two attached hydrogens (primary N) is 1. The van der Waals surface area contributed by atoms with Gasteiger partial charge in [0.05, 0.1) is 11.6 Å². The molecule has 2 fully saturated rings. The van der Waals surface area contributed by atoms with Crippen molar-refractivity contribution in [1.82, 2.24) is 10.2 Å². The summed E-state index contributed by atoms with van der Waals surface area (Å²) < 4.78 is 0. The highest BCUT2D eigenvalue weighted by Crippen LogP contribution is 2.43. The fourth-order valence-corrected chi connectivity index (χ4v) is 4.07. The lowest BCUT2D eigenvalue weighted by Gasteiger charge is -2.51. The van der Waals surface area contributed by atoms with E-state index in [1.165, 1.54) is 12.0 Å². The van der Waals surface area contributed by atoms with Crippen molar-refractivity contribution < 1.29 is 0 Å². The summed E-state index contributed by atoms with van der Waals surface area (Å²) in [5.74, 6) is 0. The van der Waals surface area contributed by atoms with Crippen molar-refractivity contribution in [2.45, 2.75) is 37.1 Å². The number of rotatable bonds is 5. The van der Waals surface area contributed by atoms with E-state index in [2.05, 4.69) is 28.4 Å². The summed E-state index contributed by atoms with van der Waals surface area (Å²) in [6, 6.07) is 11.1. The van der Waals surface area contributed by atoms with Gasteiger partial charge < -0.3 is 16.0 Å². The van der Waals surface area contributed by atoms with Crippen molar-refractivity contribution in [3.05, 3.63) is 35.4 Å². The number of likely N-dealkylation sites (tertiary alicyclic amines) is 1. The molecule has 0 radical (unpaired) electrons. The van der Waals surface area contributed by atoms with E-state index < -0.39 is 0 Å². The zero-order valence-corrected chi connectivity index (χ0v) is 13.2. The standard InChI is InChI=1S/C18H26N4/c19-9-3-11-22-12-7-18(8-13-22,17-6-10-21-17)16-5-2-1-4-15(16)14-20/h1-2,4-5,17,21H,3,6-13,19H2. The van der Waals surface area contributed by atoms with Crippen LogP contribution in [0.4, 0.5) is 0 Å². The molecule has 1 aromatic rings. The molecule has 2 saturated heterocycles. The fraction of sp³-hybridized carbons (Fsp3) is 0.611. The van der Waals surface area contributed by atoms with E-state index >= 15 is 0 Å². The lowest BCUT2D eigenvalue weighted by molar-refractivity contribution is 0.101. The van der Waals surface area contributed by atoms with Crippen molar-refractivity contribution in [2.75, 3.05) is 32.7 Å². The molecule has 3 N–H and O–H groups in total. The van der Waals surface area contributed by atoms with Crippen LogP contribution in [-0.2, 0) is 5.41 Å². The Kier molecular flexibility index (Phi) is 4.77. The monoisotopic (exact) mass is 298 g/mol. The second kappa shape index (κ2) is 6.78. The normalized spacial score (nSPS) is 24.5. The van der Waals surface area contributed by atoms with Gasteiger partial charge in [-0.3, -0.25) is 0 Å². The summed E-state index contributed by atoms with van der Waals surface area (Å²) in [5, 5.41) is 13.1. The molecule has 2 aliphatic rings. The molecule has 4 nitrogen and oxygen atoms in total. The summed E-state index contributed by atoms with van der Waals surface area (Å²) in [6.45, 7) is 5.20. The third-order valence-electron chi connectivity index (χ3n) is 5.50. The molecule has 2 aliphatic heterocycles. The molecule has 0 spiro atoms. The predicted molar refractivity (Wildman–Crippen MR) is 88.6 cm³/mol. The van der Waals surface area contributed by atoms with Gasteiger partial charge in [0.2, 0.25) is 0 Å². The Hall–Kier alpha value is -1.41. The van der Waals surface area contributed by atoms with Crippen LogP contribution < -0.4 is 11.1 Å². The van der Waals surface area contributed by atoms with Crippen LogP contribution in [0.5, 0.6) is 0 Å². The van der Waals surface area contributed by atoms with Crippen LogP contribution in [-0.4, -0.2) is 43.7 Å². The first-order chi connectivity index (χ1) is 10.8. The van der Waals surface area contributed by atoms with Gasteiger partial charge in [0, 0.05) is 11.5 Å². The van der Waals surface area contributed by atoms with Gasteiger partial charge in [-0.1, -0.05) is 18.2 Å². The molecule has 1 atom stereocenters. The molecule has 3 rings (SSSR count). The summed E-state index contributed by atoms with van der Waals surface area (Å²) in [7, 11) is 0. The van der Waals surface area contributed by atoms with Gasteiger partial charge >= 0.3 is 0 Å². The first-order valence-electron chi connectivity index (χ1n) is 8.45. The Morgan fingerprint density at radius 2 is 2.05 bits per heavy atom. The molecule has 4 heteroatoms. The molecule has 1 unspecified atom stereocenters. The van der Waals surface area contributed by atoms with E-state index in [1.54, 1.807) is 0 Å². The average Bonchev–Trinajstić information content (AvgIpc) is 2.52. The van der Waals surface area contributed by atoms with Crippen LogP contribution in [0.2, 0.25) is 0 Å². The highest BCUT2D eigenvalue weighted by molar-refractivity contribution is 5.44. The summed E-state index contributed by atoms with van der Waals surface area (Å²) in [4.78, 5) is 2.53. The van der Waals surface area contributed by atoms with Crippen molar-refractivity contribution >= 4 is 0 Å². The van der Waals surface area contributed by atoms with Crippen molar-refractivity contribution in [3.63, 3.8) is 0 Å². The van der Waals surface area contributed by atoms with Gasteiger partial charge in [0.15, 0.2) is 0 Å². The van der Waals surface area contributed by atoms with Gasteiger partial charge in [-0.15, -0.1) is 0 Å². The number of nitrogens with one attached hydrogen (secondary N) is 1. The minimum atomic E-state index is 0.129.